The van der Waals surface area contributed by atoms with E-state index in [0.29, 0.717) is 0 Å². The molecule has 0 radical (unpaired) electrons. The Morgan fingerprint density at radius 2 is 1.62 bits per heavy atom. The fourth-order valence-electron chi connectivity index (χ4n) is 5.31. The van der Waals surface area contributed by atoms with Crippen molar-refractivity contribution < 1.29 is 9.30 Å². The Hall–Kier alpha value is -2.91. The summed E-state index contributed by atoms with van der Waals surface area (Å²) in [4.78, 5) is 0. The van der Waals surface area contributed by atoms with E-state index in [9.17, 15) is 0 Å². The van der Waals surface area contributed by atoms with E-state index < -0.39 is 0 Å². The predicted molar refractivity (Wildman–Crippen MR) is 135 cm³/mol. The van der Waals surface area contributed by atoms with Crippen LogP contribution in [0.4, 0.5) is 0 Å². The summed E-state index contributed by atoms with van der Waals surface area (Å²) in [5.74, 6) is 2.06. The summed E-state index contributed by atoms with van der Waals surface area (Å²) < 4.78 is 14.2. The summed E-state index contributed by atoms with van der Waals surface area (Å²) in [6.07, 6.45) is 0. The van der Waals surface area contributed by atoms with E-state index >= 15 is 0 Å². The zero-order valence-corrected chi connectivity index (χ0v) is 23.2. The van der Waals surface area contributed by atoms with Gasteiger partial charge in [0.15, 0.2) is 0 Å². The Morgan fingerprint density at radius 1 is 0.844 bits per heavy atom. The van der Waals surface area contributed by atoms with Crippen molar-refractivity contribution in [2.45, 2.75) is 6.92 Å². The van der Waals surface area contributed by atoms with E-state index in [1.807, 2.05) is 0 Å². The van der Waals surface area contributed by atoms with Gasteiger partial charge in [-0.25, -0.2) is 0 Å². The van der Waals surface area contributed by atoms with Crippen LogP contribution in [0.25, 0.3) is 49.6 Å². The van der Waals surface area contributed by atoms with Crippen molar-refractivity contribution in [1.82, 2.24) is 9.13 Å². The second-order valence-corrected chi connectivity index (χ2v) is 11.1. The molecule has 0 aliphatic carbocycles. The number of aryl methyl sites for hydroxylation is 3. The summed E-state index contributed by atoms with van der Waals surface area (Å²) in [7, 11) is 6.08. The van der Waals surface area contributed by atoms with Crippen LogP contribution in [0, 0.1) is 6.92 Å². The molecule has 0 unspecified atom stereocenters. The molecule has 32 heavy (non-hydrogen) atoms. The third-order valence-corrected chi connectivity index (χ3v) is 8.18. The van der Waals surface area contributed by atoms with E-state index in [-0.39, 0.29) is 0 Å². The van der Waals surface area contributed by atoms with E-state index in [4.69, 9.17) is 4.74 Å². The van der Waals surface area contributed by atoms with Gasteiger partial charge in [-0.15, -0.1) is 0 Å². The minimum absolute atomic E-state index is 0.811. The van der Waals surface area contributed by atoms with Crippen LogP contribution in [-0.2, 0) is 14.1 Å². The maximum absolute atomic E-state index is 5.71. The zero-order chi connectivity index (χ0) is 22.1. The number of benzene rings is 3. The number of rotatable bonds is 2. The average Bonchev–Trinajstić information content (AvgIpc) is 3.28. The van der Waals surface area contributed by atoms with Crippen LogP contribution in [0.15, 0.2) is 66.7 Å². The summed E-state index contributed by atoms with van der Waals surface area (Å²) in [5.41, 5.74) is 6.06. The van der Waals surface area contributed by atoms with Gasteiger partial charge in [-0.1, -0.05) is 0 Å². The molecule has 3 aromatic heterocycles. The maximum atomic E-state index is 5.71. The molecule has 0 aliphatic rings. The summed E-state index contributed by atoms with van der Waals surface area (Å²) >= 11 is 0.811. The Morgan fingerprint density at radius 3 is 2.44 bits per heavy atom. The van der Waals surface area contributed by atoms with E-state index in [1.165, 1.54) is 47.0 Å². The van der Waals surface area contributed by atoms with Crippen molar-refractivity contribution in [3.05, 3.63) is 72.3 Å². The quantitative estimate of drug-likeness (QED) is 0.215. The summed E-state index contributed by atoms with van der Waals surface area (Å²) in [5, 5.41) is 5.14. The number of nitrogens with zero attached hydrogens (tertiary/aromatic N) is 3. The van der Waals surface area contributed by atoms with Crippen LogP contribution in [0.3, 0.4) is 0 Å². The second kappa shape index (κ2) is 7.05. The van der Waals surface area contributed by atoms with Gasteiger partial charge in [0.2, 0.25) is 0 Å². The third-order valence-electron chi connectivity index (χ3n) is 6.78. The Bertz CT molecular complexity index is 1710. The Kier molecular flexibility index (Phi) is 4.35. The number of ether oxygens (including phenoxy) is 1. The van der Waals surface area contributed by atoms with Gasteiger partial charge in [0.25, 0.3) is 0 Å². The van der Waals surface area contributed by atoms with Crippen molar-refractivity contribution in [1.29, 1.82) is 0 Å². The first kappa shape index (κ1) is 19.8. The first-order valence-corrected chi connectivity index (χ1v) is 13.0. The Balaban J connectivity index is 1.81. The molecule has 0 spiro atoms. The molecule has 3 heterocycles. The molecule has 6 aromatic rings. The Labute approximate surface area is 201 Å². The average molecular weight is 616 g/mol. The number of para-hydroxylation sites is 1. The molecule has 0 aliphatic heterocycles. The molecule has 0 atom stereocenters. The standard InChI is InChI=1S/C27H23N3O.Bi.2H/c1-17-24(31-4)15-13-20-18-9-6-8-12-23(18)30(26(17)20)25-16-14-21-19-10-5-7-11-22(19)28(2)27(21)29(25)3;;;/h5,7-16H,1-4H3;;;/q+1;;;. The first-order valence-electron chi connectivity index (χ1n) is 10.7. The summed E-state index contributed by atoms with van der Waals surface area (Å²) in [6.45, 7) is 2.16. The van der Waals surface area contributed by atoms with Crippen LogP contribution in [0.1, 0.15) is 5.56 Å². The first-order chi connectivity index (χ1) is 15.5. The molecular formula is C27H25BiN3O+. The van der Waals surface area contributed by atoms with Crippen molar-refractivity contribution in [2.24, 2.45) is 14.1 Å². The van der Waals surface area contributed by atoms with Gasteiger partial charge in [-0.3, -0.25) is 0 Å². The molecule has 0 saturated carbocycles. The van der Waals surface area contributed by atoms with Crippen LogP contribution >= 0.6 is 0 Å². The van der Waals surface area contributed by atoms with Gasteiger partial charge in [0.05, 0.1) is 0 Å². The van der Waals surface area contributed by atoms with Gasteiger partial charge in [-0.2, -0.15) is 0 Å². The van der Waals surface area contributed by atoms with Crippen LogP contribution < -0.4 is 12.6 Å². The number of hydrogen-bond acceptors (Lipinski definition) is 1. The topological polar surface area (TPSA) is 23.0 Å². The van der Waals surface area contributed by atoms with Gasteiger partial charge >= 0.3 is 202 Å². The molecule has 4 nitrogen and oxygen atoms in total. The van der Waals surface area contributed by atoms with Gasteiger partial charge in [0, 0.05) is 0 Å². The fourth-order valence-corrected chi connectivity index (χ4v) is 6.33. The molecule has 3 aromatic carbocycles. The second-order valence-electron chi connectivity index (χ2n) is 8.46. The molecule has 0 saturated heterocycles. The van der Waals surface area contributed by atoms with Gasteiger partial charge < -0.3 is 0 Å². The normalized spacial score (nSPS) is 11.9. The van der Waals surface area contributed by atoms with Crippen LogP contribution in [0.5, 0.6) is 5.75 Å². The molecule has 0 N–H and O–H groups in total. The molecule has 0 bridgehead atoms. The molecular weight excluding hydrogens is 591 g/mol. The van der Waals surface area contributed by atoms with Crippen LogP contribution in [0.2, 0.25) is 0 Å². The van der Waals surface area contributed by atoms with Crippen molar-refractivity contribution >= 4 is 71.7 Å². The van der Waals surface area contributed by atoms with Crippen LogP contribution in [-0.4, -0.2) is 41.0 Å². The number of pyridine rings is 1. The number of aromatic nitrogens is 3. The number of methoxy groups -OCH3 is 1. The van der Waals surface area contributed by atoms with Crippen molar-refractivity contribution in [2.75, 3.05) is 7.11 Å². The minimum atomic E-state index is 0.811. The van der Waals surface area contributed by atoms with Crippen molar-refractivity contribution in [3.63, 3.8) is 0 Å². The predicted octanol–water partition coefficient (Wildman–Crippen LogP) is 3.83. The number of hydrogen-bond donors (Lipinski definition) is 0. The molecule has 0 fully saturated rings. The van der Waals surface area contributed by atoms with Gasteiger partial charge in [0.1, 0.15) is 0 Å². The SMILES string of the molecule is COc1ccc2c3c[c]([BiH2])ccc3n(-c3ccc4c5ccccc5n(C)c4[n+]3C)c2c1C. The van der Waals surface area contributed by atoms with Gasteiger partial charge in [-0.05, 0) is 0 Å². The molecule has 6 rings (SSSR count). The zero-order valence-electron chi connectivity index (χ0n) is 18.7. The number of fused-ring (bicyclic) bond motifs is 6. The monoisotopic (exact) mass is 616 g/mol. The van der Waals surface area contributed by atoms with Crippen molar-refractivity contribution in [3.8, 4) is 11.6 Å². The van der Waals surface area contributed by atoms with E-state index in [2.05, 4.69) is 101 Å². The van der Waals surface area contributed by atoms with E-state index in [1.54, 1.807) is 7.11 Å². The fraction of sp³-hybridized carbons (Fsp3) is 0.148. The third kappa shape index (κ3) is 2.55. The molecule has 158 valence electrons. The molecule has 0 amide bonds. The molecule has 5 heteroatoms. The summed E-state index contributed by atoms with van der Waals surface area (Å²) in [6, 6.07) is 24.4. The van der Waals surface area contributed by atoms with E-state index in [0.717, 1.165) is 41.8 Å².